The zero-order valence-electron chi connectivity index (χ0n) is 18.3. The van der Waals surface area contributed by atoms with Gasteiger partial charge in [-0.05, 0) is 50.0 Å². The quantitative estimate of drug-likeness (QED) is 0.540. The van der Waals surface area contributed by atoms with Gasteiger partial charge < -0.3 is 0 Å². The average molecular weight is 426 g/mol. The number of benzene rings is 3. The summed E-state index contributed by atoms with van der Waals surface area (Å²) in [5.41, 5.74) is 10.5. The number of hydrogen-bond acceptors (Lipinski definition) is 0. The Morgan fingerprint density at radius 3 is 1.19 bits per heavy atom. The van der Waals surface area contributed by atoms with Gasteiger partial charge in [-0.1, -0.05) is 122 Å². The van der Waals surface area contributed by atoms with Crippen molar-refractivity contribution >= 4 is 26.3 Å². The molecular formula is C29H26NaSi+. The molecule has 0 aliphatic heterocycles. The second kappa shape index (κ2) is 8.22. The summed E-state index contributed by atoms with van der Waals surface area (Å²) in [5.74, 6) is 0. The Bertz CT molecular complexity index is 1070. The molecule has 3 unspecified atom stereocenters. The van der Waals surface area contributed by atoms with Crippen LogP contribution in [0.1, 0.15) is 56.9 Å². The Labute approximate surface area is 208 Å². The first kappa shape index (κ1) is 21.0. The molecule has 0 saturated heterocycles. The summed E-state index contributed by atoms with van der Waals surface area (Å²) in [6.45, 7) is 2.46. The van der Waals surface area contributed by atoms with E-state index < -0.39 is 8.07 Å². The van der Waals surface area contributed by atoms with Crippen LogP contribution < -0.4 is 29.6 Å². The van der Waals surface area contributed by atoms with Crippen LogP contribution in [0.5, 0.6) is 0 Å². The molecule has 31 heavy (non-hydrogen) atoms. The fourth-order valence-corrected chi connectivity index (χ4v) is 12.8. The number of rotatable bonds is 4. The van der Waals surface area contributed by atoms with Crippen molar-refractivity contribution in [3.63, 3.8) is 0 Å². The van der Waals surface area contributed by atoms with Crippen molar-refractivity contribution in [1.82, 2.24) is 0 Å². The molecule has 0 amide bonds. The smallest absolute Gasteiger partial charge is 0.0790 e. The third kappa shape index (κ3) is 3.06. The molecule has 0 bridgehead atoms. The largest absolute Gasteiger partial charge is 1.00 e. The Kier molecular flexibility index (Phi) is 5.56. The van der Waals surface area contributed by atoms with Crippen LogP contribution in [0.2, 0.25) is 6.04 Å². The van der Waals surface area contributed by atoms with Gasteiger partial charge in [0.05, 0.1) is 8.07 Å². The van der Waals surface area contributed by atoms with E-state index in [0.717, 1.165) is 0 Å². The summed E-state index contributed by atoms with van der Waals surface area (Å²) in [6.07, 6.45) is 14.8. The van der Waals surface area contributed by atoms with Crippen LogP contribution in [0, 0.1) is 0 Å². The molecule has 3 aliphatic carbocycles. The van der Waals surface area contributed by atoms with Crippen LogP contribution in [-0.2, 0) is 0 Å². The van der Waals surface area contributed by atoms with Crippen molar-refractivity contribution in [3.8, 4) is 0 Å². The van der Waals surface area contributed by atoms with Gasteiger partial charge in [0.15, 0.2) is 0 Å². The van der Waals surface area contributed by atoms with Crippen molar-refractivity contribution in [2.45, 2.75) is 29.6 Å². The minimum atomic E-state index is -1.98. The van der Waals surface area contributed by atoms with Crippen LogP contribution >= 0.6 is 0 Å². The Hall–Kier alpha value is -1.90. The second-order valence-corrected chi connectivity index (χ2v) is 13.7. The van der Waals surface area contributed by atoms with Gasteiger partial charge in [0.2, 0.25) is 0 Å². The Morgan fingerprint density at radius 2 is 0.871 bits per heavy atom. The van der Waals surface area contributed by atoms with Gasteiger partial charge >= 0.3 is 29.6 Å². The summed E-state index contributed by atoms with van der Waals surface area (Å²) < 4.78 is 0. The Morgan fingerprint density at radius 1 is 0.548 bits per heavy atom. The van der Waals surface area contributed by atoms with Gasteiger partial charge in [0.25, 0.3) is 0 Å². The van der Waals surface area contributed by atoms with Crippen molar-refractivity contribution in [2.24, 2.45) is 0 Å². The third-order valence-corrected chi connectivity index (χ3v) is 14.0. The molecule has 0 fully saturated rings. The van der Waals surface area contributed by atoms with Gasteiger partial charge in [-0.15, -0.1) is 0 Å². The normalized spacial score (nSPS) is 23.7. The van der Waals surface area contributed by atoms with E-state index in [4.69, 9.17) is 0 Å². The fraction of sp³-hybridized carbons (Fsp3) is 0.172. The molecule has 146 valence electrons. The molecule has 0 aromatic heterocycles. The van der Waals surface area contributed by atoms with E-state index in [0.29, 0.717) is 16.6 Å². The summed E-state index contributed by atoms with van der Waals surface area (Å²) in [6, 6.07) is 28.5. The summed E-state index contributed by atoms with van der Waals surface area (Å²) >= 11 is 0. The first-order valence-electron chi connectivity index (χ1n) is 11.1. The molecule has 0 saturated carbocycles. The first-order valence-corrected chi connectivity index (χ1v) is 13.6. The van der Waals surface area contributed by atoms with E-state index >= 15 is 0 Å². The fourth-order valence-electron chi connectivity index (χ4n) is 6.39. The molecule has 0 heterocycles. The zero-order chi connectivity index (χ0) is 20.1. The van der Waals surface area contributed by atoms with Gasteiger partial charge in [0, 0.05) is 0 Å². The minimum Gasteiger partial charge on any atom is -0.0790 e. The van der Waals surface area contributed by atoms with Gasteiger partial charge in [-0.3, -0.25) is 0 Å². The number of hydrogen-bond donors (Lipinski definition) is 0. The molecule has 2 heteroatoms. The predicted octanol–water partition coefficient (Wildman–Crippen LogP) is 4.51. The zero-order valence-corrected chi connectivity index (χ0v) is 21.3. The van der Waals surface area contributed by atoms with Crippen LogP contribution in [0.4, 0.5) is 0 Å². The van der Waals surface area contributed by atoms with Crippen LogP contribution in [0.25, 0.3) is 18.2 Å². The SMILES string of the molecule is CC[Si](C1C=Cc2ccccc21)(C1C=Cc2ccccc21)C1C=Cc2ccccc21.[Na+]. The molecule has 3 aromatic rings. The van der Waals surface area contributed by atoms with Crippen LogP contribution in [-0.4, -0.2) is 8.07 Å². The summed E-state index contributed by atoms with van der Waals surface area (Å²) in [5, 5.41) is 0. The molecule has 0 spiro atoms. The van der Waals surface area contributed by atoms with Gasteiger partial charge in [-0.25, -0.2) is 0 Å². The van der Waals surface area contributed by atoms with Crippen molar-refractivity contribution in [2.75, 3.05) is 0 Å². The van der Waals surface area contributed by atoms with Crippen molar-refractivity contribution in [1.29, 1.82) is 0 Å². The van der Waals surface area contributed by atoms with Gasteiger partial charge in [0.1, 0.15) is 0 Å². The average Bonchev–Trinajstić information content (AvgIpc) is 3.53. The molecule has 3 aromatic carbocycles. The maximum atomic E-state index is 2.55. The first-order chi connectivity index (χ1) is 14.8. The van der Waals surface area contributed by atoms with Crippen molar-refractivity contribution in [3.05, 3.63) is 124 Å². The maximum Gasteiger partial charge on any atom is 1.00 e. The second-order valence-electron chi connectivity index (χ2n) is 8.86. The molecule has 0 N–H and O–H groups in total. The maximum absolute atomic E-state index is 2.55. The minimum absolute atomic E-state index is 0. The standard InChI is InChI=1S/C29H26Si.Na/c1-2-30(27-18-15-21-9-3-6-12-24(21)27,28-19-16-22-10-4-7-13-25(22)28)29-20-17-23-11-5-8-14-26(23)29;/h3-20,27-29H,2H2,1H3;/q;+1. The van der Waals surface area contributed by atoms with E-state index in [1.165, 1.54) is 22.7 Å². The molecule has 0 nitrogen and oxygen atoms in total. The van der Waals surface area contributed by atoms with E-state index in [2.05, 4.69) is 116 Å². The van der Waals surface area contributed by atoms with Crippen LogP contribution in [0.3, 0.4) is 0 Å². The van der Waals surface area contributed by atoms with Crippen molar-refractivity contribution < 1.29 is 29.6 Å². The molecule has 3 aliphatic rings. The molecule has 3 atom stereocenters. The molecule has 0 radical (unpaired) electrons. The van der Waals surface area contributed by atoms with E-state index in [1.54, 1.807) is 16.7 Å². The predicted molar refractivity (Wildman–Crippen MR) is 131 cm³/mol. The van der Waals surface area contributed by atoms with Crippen LogP contribution in [0.15, 0.2) is 91.0 Å². The topological polar surface area (TPSA) is 0 Å². The van der Waals surface area contributed by atoms with E-state index in [1.807, 2.05) is 0 Å². The molecular weight excluding hydrogens is 399 g/mol. The van der Waals surface area contributed by atoms with E-state index in [-0.39, 0.29) is 29.6 Å². The molecule has 6 rings (SSSR count). The van der Waals surface area contributed by atoms with E-state index in [9.17, 15) is 0 Å². The Balaban J connectivity index is 0.00000204. The number of fused-ring (bicyclic) bond motifs is 3. The monoisotopic (exact) mass is 425 g/mol. The summed E-state index contributed by atoms with van der Waals surface area (Å²) in [4.78, 5) is 0. The summed E-state index contributed by atoms with van der Waals surface area (Å²) in [7, 11) is -1.98. The third-order valence-electron chi connectivity index (χ3n) is 7.75. The number of allylic oxidation sites excluding steroid dienone is 3. The van der Waals surface area contributed by atoms with Gasteiger partial charge in [-0.2, -0.15) is 0 Å².